The van der Waals surface area contributed by atoms with Crippen LogP contribution >= 0.6 is 26.3 Å². The SMILES string of the molecule is CCn1cccc1CP(I)(c1ccccc1)(c1ccccc1)c1ccccc1. The third-order valence-electron chi connectivity index (χ3n) is 5.61. The molecule has 0 bridgehead atoms. The second kappa shape index (κ2) is 7.85. The van der Waals surface area contributed by atoms with E-state index in [2.05, 4.69) is 143 Å². The first-order chi connectivity index (χ1) is 13.7. The van der Waals surface area contributed by atoms with Gasteiger partial charge in [-0.25, -0.2) is 0 Å². The molecule has 28 heavy (non-hydrogen) atoms. The summed E-state index contributed by atoms with van der Waals surface area (Å²) in [6.45, 7) is 3.21. The first-order valence-corrected chi connectivity index (χ1v) is 14.9. The van der Waals surface area contributed by atoms with Crippen molar-refractivity contribution in [3.8, 4) is 0 Å². The second-order valence-corrected chi connectivity index (χ2v) is 17.8. The van der Waals surface area contributed by atoms with Crippen molar-refractivity contribution >= 4 is 42.2 Å². The number of hydrogen-bond acceptors (Lipinski definition) is 0. The van der Waals surface area contributed by atoms with Crippen LogP contribution in [0.15, 0.2) is 109 Å². The van der Waals surface area contributed by atoms with E-state index in [0.29, 0.717) is 0 Å². The number of halogens is 1. The van der Waals surface area contributed by atoms with E-state index in [0.717, 1.165) is 12.7 Å². The molecule has 0 fully saturated rings. The average molecular weight is 497 g/mol. The Balaban J connectivity index is 2.09. The molecule has 0 saturated carbocycles. The van der Waals surface area contributed by atoms with E-state index in [-0.39, 0.29) is 0 Å². The van der Waals surface area contributed by atoms with Gasteiger partial charge in [0, 0.05) is 0 Å². The van der Waals surface area contributed by atoms with Gasteiger partial charge in [0.1, 0.15) is 0 Å². The van der Waals surface area contributed by atoms with Crippen LogP contribution in [-0.2, 0) is 12.7 Å². The van der Waals surface area contributed by atoms with Crippen LogP contribution in [-0.4, -0.2) is 4.57 Å². The molecule has 3 aromatic carbocycles. The summed E-state index contributed by atoms with van der Waals surface area (Å²) in [5.41, 5.74) is 1.39. The Morgan fingerprint density at radius 3 is 1.46 bits per heavy atom. The zero-order chi connectivity index (χ0) is 19.5. The van der Waals surface area contributed by atoms with Gasteiger partial charge in [0.15, 0.2) is 0 Å². The zero-order valence-electron chi connectivity index (χ0n) is 16.1. The molecule has 0 N–H and O–H groups in total. The van der Waals surface area contributed by atoms with Crippen LogP contribution in [0.2, 0.25) is 0 Å². The fourth-order valence-corrected chi connectivity index (χ4v) is 12.8. The molecule has 0 aliphatic heterocycles. The summed E-state index contributed by atoms with van der Waals surface area (Å²) in [6, 6.07) is 37.8. The Morgan fingerprint density at radius 2 is 1.07 bits per heavy atom. The Kier molecular flexibility index (Phi) is 5.44. The molecule has 0 aliphatic rings. The molecule has 4 rings (SSSR count). The van der Waals surface area contributed by atoms with Gasteiger partial charge < -0.3 is 0 Å². The van der Waals surface area contributed by atoms with E-state index < -0.39 is 4.25 Å². The molecule has 3 heteroatoms. The van der Waals surface area contributed by atoms with Gasteiger partial charge in [-0.15, -0.1) is 0 Å². The van der Waals surface area contributed by atoms with Crippen LogP contribution in [0.3, 0.4) is 0 Å². The van der Waals surface area contributed by atoms with Crippen LogP contribution < -0.4 is 15.9 Å². The molecule has 0 atom stereocenters. The summed E-state index contributed by atoms with van der Waals surface area (Å²) in [4.78, 5) is 0. The first-order valence-electron chi connectivity index (χ1n) is 9.70. The molecule has 0 unspecified atom stereocenters. The molecular weight excluding hydrogens is 472 g/mol. The van der Waals surface area contributed by atoms with E-state index >= 15 is 0 Å². The van der Waals surface area contributed by atoms with Crippen LogP contribution in [0.1, 0.15) is 12.6 Å². The maximum atomic E-state index is 2.86. The number of aryl methyl sites for hydroxylation is 1. The Hall–Kier alpha value is -1.90. The molecule has 1 heterocycles. The minimum absolute atomic E-state index is 0.990. The van der Waals surface area contributed by atoms with Crippen molar-refractivity contribution in [2.24, 2.45) is 0 Å². The van der Waals surface area contributed by atoms with Crippen molar-refractivity contribution in [2.75, 3.05) is 0 Å². The summed E-state index contributed by atoms with van der Waals surface area (Å²) in [6.07, 6.45) is 3.21. The van der Waals surface area contributed by atoms with Gasteiger partial charge >= 0.3 is 181 Å². The first kappa shape index (κ1) is 19.4. The number of nitrogens with zero attached hydrogens (tertiary/aromatic N) is 1. The van der Waals surface area contributed by atoms with Crippen LogP contribution in [0.4, 0.5) is 0 Å². The topological polar surface area (TPSA) is 4.93 Å². The molecule has 0 radical (unpaired) electrons. The molecule has 4 aromatic rings. The van der Waals surface area contributed by atoms with Gasteiger partial charge in [-0.05, 0) is 0 Å². The molecule has 0 spiro atoms. The van der Waals surface area contributed by atoms with E-state index in [1.54, 1.807) is 0 Å². The Morgan fingerprint density at radius 1 is 0.643 bits per heavy atom. The van der Waals surface area contributed by atoms with Gasteiger partial charge in [0.2, 0.25) is 0 Å². The van der Waals surface area contributed by atoms with Crippen molar-refractivity contribution in [1.82, 2.24) is 4.57 Å². The number of aromatic nitrogens is 1. The predicted molar refractivity (Wildman–Crippen MR) is 133 cm³/mol. The second-order valence-electron chi connectivity index (χ2n) is 7.13. The van der Waals surface area contributed by atoms with E-state index in [1.807, 2.05) is 0 Å². The summed E-state index contributed by atoms with van der Waals surface area (Å²) in [5, 5.41) is 4.28. The summed E-state index contributed by atoms with van der Waals surface area (Å²) < 4.78 is -0.359. The number of hydrogen-bond donors (Lipinski definition) is 0. The third kappa shape index (κ3) is 3.13. The van der Waals surface area contributed by atoms with Crippen molar-refractivity contribution in [3.63, 3.8) is 0 Å². The maximum absolute atomic E-state index is 2.86. The van der Waals surface area contributed by atoms with Crippen LogP contribution in [0, 0.1) is 0 Å². The van der Waals surface area contributed by atoms with Gasteiger partial charge in [-0.3, -0.25) is 0 Å². The van der Waals surface area contributed by atoms with Gasteiger partial charge in [-0.2, -0.15) is 0 Å². The molecule has 1 nitrogen and oxygen atoms in total. The van der Waals surface area contributed by atoms with E-state index in [1.165, 1.54) is 21.6 Å². The standard InChI is InChI=1S/C25H25INP/c1-2-27-20-12-13-22(27)21-28(26,23-14-6-3-7-15-23,24-16-8-4-9-17-24)25-18-10-5-11-19-25/h3-20H,2,21H2,1H3. The Bertz CT molecular complexity index is 942. The summed E-state index contributed by atoms with van der Waals surface area (Å²) in [7, 11) is 0. The molecule has 142 valence electrons. The van der Waals surface area contributed by atoms with Gasteiger partial charge in [0.05, 0.1) is 0 Å². The minimum atomic E-state index is -2.74. The average Bonchev–Trinajstić information content (AvgIpc) is 3.22. The fourth-order valence-electron chi connectivity index (χ4n) is 4.14. The van der Waals surface area contributed by atoms with Gasteiger partial charge in [0.25, 0.3) is 0 Å². The van der Waals surface area contributed by atoms with Crippen molar-refractivity contribution < 1.29 is 0 Å². The van der Waals surface area contributed by atoms with E-state index in [4.69, 9.17) is 0 Å². The van der Waals surface area contributed by atoms with Crippen molar-refractivity contribution in [2.45, 2.75) is 19.6 Å². The van der Waals surface area contributed by atoms with E-state index in [9.17, 15) is 0 Å². The third-order valence-corrected chi connectivity index (χ3v) is 16.7. The van der Waals surface area contributed by atoms with Gasteiger partial charge in [-0.1, -0.05) is 0 Å². The molecular formula is C25H25INP. The molecule has 0 aliphatic carbocycles. The van der Waals surface area contributed by atoms with Crippen molar-refractivity contribution in [1.29, 1.82) is 0 Å². The summed E-state index contributed by atoms with van der Waals surface area (Å²) >= 11 is 2.86. The normalized spacial score (nSPS) is 13.0. The predicted octanol–water partition coefficient (Wildman–Crippen LogP) is 5.89. The zero-order valence-corrected chi connectivity index (χ0v) is 19.1. The number of benzene rings is 3. The number of rotatable bonds is 6. The van der Waals surface area contributed by atoms with Crippen LogP contribution in [0.5, 0.6) is 0 Å². The molecule has 0 saturated heterocycles. The fraction of sp³-hybridized carbons (Fsp3) is 0.120. The van der Waals surface area contributed by atoms with Crippen LogP contribution in [0.25, 0.3) is 0 Å². The summed E-state index contributed by atoms with van der Waals surface area (Å²) in [5.74, 6) is 0. The van der Waals surface area contributed by atoms with Crippen molar-refractivity contribution in [3.05, 3.63) is 115 Å². The molecule has 0 amide bonds. The Labute approximate surface area is 180 Å². The molecule has 1 aromatic heterocycles. The quantitative estimate of drug-likeness (QED) is 0.231. The monoisotopic (exact) mass is 497 g/mol.